The molecule has 0 spiro atoms. The summed E-state index contributed by atoms with van der Waals surface area (Å²) in [7, 11) is 1.62. The van der Waals surface area contributed by atoms with Crippen LogP contribution in [-0.4, -0.2) is 41.1 Å². The van der Waals surface area contributed by atoms with Gasteiger partial charge >= 0.3 is 5.63 Å². The van der Waals surface area contributed by atoms with Crippen molar-refractivity contribution in [1.82, 2.24) is 4.90 Å². The first-order valence-electron chi connectivity index (χ1n) is 9.85. The second kappa shape index (κ2) is 8.85. The topological polar surface area (TPSA) is 80.0 Å². The highest BCUT2D eigenvalue weighted by Gasteiger charge is 2.29. The van der Waals surface area contributed by atoms with Crippen molar-refractivity contribution in [2.24, 2.45) is 0 Å². The molecule has 1 aromatic heterocycles. The van der Waals surface area contributed by atoms with E-state index in [4.69, 9.17) is 20.8 Å². The maximum atomic E-state index is 13.3. The summed E-state index contributed by atoms with van der Waals surface area (Å²) in [5, 5.41) is 10.6. The first kappa shape index (κ1) is 21.6. The molecule has 1 atom stereocenters. The minimum atomic E-state index is -0.576. The predicted octanol–water partition coefficient (Wildman–Crippen LogP) is 4.33. The van der Waals surface area contributed by atoms with Crippen LogP contribution in [0.2, 0.25) is 5.02 Å². The van der Waals surface area contributed by atoms with E-state index in [9.17, 15) is 14.7 Å². The summed E-state index contributed by atoms with van der Waals surface area (Å²) in [4.78, 5) is 27.7. The summed E-state index contributed by atoms with van der Waals surface area (Å²) in [5.41, 5.74) is 1.64. The number of aryl methyl sites for hydroxylation is 1. The Labute approximate surface area is 188 Å². The third-order valence-electron chi connectivity index (χ3n) is 5.63. The monoisotopic (exact) mass is 459 g/mol. The van der Waals surface area contributed by atoms with Crippen LogP contribution in [-0.2, 0) is 11.2 Å². The highest BCUT2D eigenvalue weighted by atomic mass is 35.5. The lowest BCUT2D eigenvalue weighted by Gasteiger charge is -2.36. The first-order chi connectivity index (χ1) is 14.9. The molecule has 2 aromatic carbocycles. The molecule has 1 N–H and O–H groups in total. The van der Waals surface area contributed by atoms with Gasteiger partial charge in [0.15, 0.2) is 0 Å². The van der Waals surface area contributed by atoms with Crippen molar-refractivity contribution in [2.45, 2.75) is 19.4 Å². The van der Waals surface area contributed by atoms with Crippen LogP contribution < -0.4 is 10.4 Å². The number of rotatable bonds is 4. The number of fused-ring (bicyclic) bond motifs is 1. The lowest BCUT2D eigenvalue weighted by molar-refractivity contribution is -0.132. The molecule has 1 unspecified atom stereocenters. The molecule has 31 heavy (non-hydrogen) atoms. The molecule has 3 aromatic rings. The van der Waals surface area contributed by atoms with Gasteiger partial charge in [-0.3, -0.25) is 4.79 Å². The van der Waals surface area contributed by atoms with E-state index in [0.717, 1.165) is 22.8 Å². The predicted molar refractivity (Wildman–Crippen MR) is 122 cm³/mol. The smallest absolute Gasteiger partial charge is 0.340 e. The number of ether oxygens (including phenoxy) is 1. The number of carbonyl (C=O) groups is 1. The standard InChI is InChI=1S/C23H22ClNO5S/c1-13-16-9-18(24)20(26)11-21(16)30-23(28)17(13)10-22(27)25-7-8-31-12-19(25)14-3-5-15(29-2)6-4-14/h3-6,9,11,19,26H,7-8,10,12H2,1-2H3. The second-order valence-electron chi connectivity index (χ2n) is 7.42. The Kier molecular flexibility index (Phi) is 6.16. The summed E-state index contributed by atoms with van der Waals surface area (Å²) < 4.78 is 10.6. The van der Waals surface area contributed by atoms with Crippen LogP contribution in [0.4, 0.5) is 0 Å². The van der Waals surface area contributed by atoms with Crippen LogP contribution in [0, 0.1) is 6.92 Å². The number of hydrogen-bond acceptors (Lipinski definition) is 6. The van der Waals surface area contributed by atoms with Gasteiger partial charge in [0.05, 0.1) is 30.2 Å². The summed E-state index contributed by atoms with van der Waals surface area (Å²) in [6, 6.07) is 10.5. The summed E-state index contributed by atoms with van der Waals surface area (Å²) >= 11 is 7.83. The third-order valence-corrected chi connectivity index (χ3v) is 6.96. The summed E-state index contributed by atoms with van der Waals surface area (Å²) in [5.74, 6) is 2.12. The maximum Gasteiger partial charge on any atom is 0.340 e. The molecule has 8 heteroatoms. The Morgan fingerprint density at radius 1 is 1.32 bits per heavy atom. The van der Waals surface area contributed by atoms with E-state index in [-0.39, 0.29) is 34.7 Å². The lowest BCUT2D eigenvalue weighted by Crippen LogP contribution is -2.42. The Balaban J connectivity index is 1.65. The van der Waals surface area contributed by atoms with Gasteiger partial charge < -0.3 is 19.2 Å². The maximum absolute atomic E-state index is 13.3. The number of amides is 1. The Hall–Kier alpha value is -2.64. The normalized spacial score (nSPS) is 16.5. The number of phenolic OH excluding ortho intramolecular Hbond substituents is 1. The molecule has 0 radical (unpaired) electrons. The van der Waals surface area contributed by atoms with Crippen molar-refractivity contribution < 1.29 is 19.1 Å². The molecule has 1 amide bonds. The molecule has 1 fully saturated rings. The summed E-state index contributed by atoms with van der Waals surface area (Å²) in [6.07, 6.45) is -0.0556. The average Bonchev–Trinajstić information content (AvgIpc) is 2.78. The molecule has 1 aliphatic heterocycles. The Bertz CT molecular complexity index is 1190. The lowest BCUT2D eigenvalue weighted by atomic mass is 10.0. The highest BCUT2D eigenvalue weighted by Crippen LogP contribution is 2.33. The minimum Gasteiger partial charge on any atom is -0.506 e. The number of carbonyl (C=O) groups excluding carboxylic acids is 1. The molecule has 4 rings (SSSR count). The van der Waals surface area contributed by atoms with E-state index in [0.29, 0.717) is 23.1 Å². The van der Waals surface area contributed by atoms with Gasteiger partial charge in [0.1, 0.15) is 17.1 Å². The number of halogens is 1. The number of aromatic hydroxyl groups is 1. The Morgan fingerprint density at radius 2 is 2.06 bits per heavy atom. The van der Waals surface area contributed by atoms with Crippen molar-refractivity contribution >= 4 is 40.2 Å². The fraction of sp³-hybridized carbons (Fsp3) is 0.304. The van der Waals surface area contributed by atoms with Gasteiger partial charge in [0.2, 0.25) is 5.91 Å². The molecular formula is C23H22ClNO5S. The second-order valence-corrected chi connectivity index (χ2v) is 8.98. The van der Waals surface area contributed by atoms with Crippen molar-refractivity contribution in [3.8, 4) is 11.5 Å². The number of benzene rings is 2. The molecule has 1 aliphatic rings. The van der Waals surface area contributed by atoms with Crippen LogP contribution in [0.3, 0.4) is 0 Å². The van der Waals surface area contributed by atoms with Crippen LogP contribution in [0.15, 0.2) is 45.6 Å². The van der Waals surface area contributed by atoms with E-state index in [1.165, 1.54) is 6.07 Å². The van der Waals surface area contributed by atoms with Gasteiger partial charge in [-0.2, -0.15) is 11.8 Å². The fourth-order valence-electron chi connectivity index (χ4n) is 3.86. The zero-order valence-corrected chi connectivity index (χ0v) is 18.8. The van der Waals surface area contributed by atoms with E-state index in [2.05, 4.69) is 0 Å². The van der Waals surface area contributed by atoms with E-state index < -0.39 is 5.63 Å². The number of methoxy groups -OCH3 is 1. The number of thioether (sulfide) groups is 1. The molecule has 0 aliphatic carbocycles. The molecule has 0 bridgehead atoms. The van der Waals surface area contributed by atoms with E-state index >= 15 is 0 Å². The van der Waals surface area contributed by atoms with Gasteiger partial charge in [-0.05, 0) is 36.2 Å². The zero-order valence-electron chi connectivity index (χ0n) is 17.2. The third kappa shape index (κ3) is 4.25. The highest BCUT2D eigenvalue weighted by molar-refractivity contribution is 7.99. The molecule has 6 nitrogen and oxygen atoms in total. The van der Waals surface area contributed by atoms with Crippen LogP contribution in [0.1, 0.15) is 22.7 Å². The van der Waals surface area contributed by atoms with Gasteiger partial charge in [-0.15, -0.1) is 0 Å². The first-order valence-corrected chi connectivity index (χ1v) is 11.4. The van der Waals surface area contributed by atoms with E-state index in [1.807, 2.05) is 29.2 Å². The molecule has 1 saturated heterocycles. The molecule has 2 heterocycles. The Morgan fingerprint density at radius 3 is 2.77 bits per heavy atom. The quantitative estimate of drug-likeness (QED) is 0.585. The van der Waals surface area contributed by atoms with Gasteiger partial charge in [0.25, 0.3) is 0 Å². The van der Waals surface area contributed by atoms with Gasteiger partial charge in [0, 0.05) is 29.5 Å². The average molecular weight is 460 g/mol. The number of phenols is 1. The van der Waals surface area contributed by atoms with Crippen LogP contribution >= 0.6 is 23.4 Å². The van der Waals surface area contributed by atoms with Crippen molar-refractivity contribution in [1.29, 1.82) is 0 Å². The van der Waals surface area contributed by atoms with Crippen LogP contribution in [0.25, 0.3) is 11.0 Å². The number of hydrogen-bond donors (Lipinski definition) is 1. The largest absolute Gasteiger partial charge is 0.506 e. The summed E-state index contributed by atoms with van der Waals surface area (Å²) in [6.45, 7) is 2.38. The van der Waals surface area contributed by atoms with Crippen LogP contribution in [0.5, 0.6) is 11.5 Å². The van der Waals surface area contributed by atoms with Crippen molar-refractivity contribution in [3.05, 3.63) is 68.5 Å². The molecular weight excluding hydrogens is 438 g/mol. The van der Waals surface area contributed by atoms with Gasteiger partial charge in [-0.1, -0.05) is 23.7 Å². The fourth-order valence-corrected chi connectivity index (χ4v) is 5.11. The molecule has 0 saturated carbocycles. The van der Waals surface area contributed by atoms with Gasteiger partial charge in [-0.25, -0.2) is 4.79 Å². The van der Waals surface area contributed by atoms with Crippen molar-refractivity contribution in [3.63, 3.8) is 0 Å². The zero-order chi connectivity index (χ0) is 22.1. The SMILES string of the molecule is COc1ccc(C2CSCCN2C(=O)Cc2c(C)c3cc(Cl)c(O)cc3oc2=O)cc1. The van der Waals surface area contributed by atoms with E-state index in [1.54, 1.807) is 31.9 Å². The minimum absolute atomic E-state index is 0.0556. The molecule has 162 valence electrons. The number of nitrogens with zero attached hydrogens (tertiary/aromatic N) is 1. The van der Waals surface area contributed by atoms with Crippen molar-refractivity contribution in [2.75, 3.05) is 25.2 Å².